The van der Waals surface area contributed by atoms with Gasteiger partial charge < -0.3 is 20.9 Å². The van der Waals surface area contributed by atoms with Gasteiger partial charge in [-0.1, -0.05) is 13.3 Å². The minimum atomic E-state index is -0.978. The highest BCUT2D eigenvalue weighted by atomic mass is 16.5. The van der Waals surface area contributed by atoms with Crippen molar-refractivity contribution in [2.75, 3.05) is 13.2 Å². The lowest BCUT2D eigenvalue weighted by atomic mass is 9.81. The fourth-order valence-electron chi connectivity index (χ4n) is 4.03. The van der Waals surface area contributed by atoms with E-state index >= 15 is 0 Å². The molecule has 2 fully saturated rings. The SMILES string of the molecule is CC1CCC2CC1CC2COC(=O)NCCCC[C@H](N)C(=O)O. The predicted octanol–water partition coefficient (Wildman–Crippen LogP) is 2.37. The van der Waals surface area contributed by atoms with Crippen LogP contribution in [0.5, 0.6) is 0 Å². The van der Waals surface area contributed by atoms with E-state index in [1.54, 1.807) is 0 Å². The minimum Gasteiger partial charge on any atom is -0.480 e. The number of hydrogen-bond donors (Lipinski definition) is 3. The number of nitrogens with one attached hydrogen (secondary N) is 1. The second-order valence-corrected chi connectivity index (χ2v) is 7.27. The quantitative estimate of drug-likeness (QED) is 0.594. The molecule has 0 heterocycles. The lowest BCUT2D eigenvalue weighted by Crippen LogP contribution is -2.31. The fraction of sp³-hybridized carbons (Fsp3) is 0.882. The Morgan fingerprint density at radius 2 is 2.04 bits per heavy atom. The molecule has 0 spiro atoms. The number of carbonyl (C=O) groups excluding carboxylic acids is 1. The molecular formula is C17H30N2O4. The monoisotopic (exact) mass is 326 g/mol. The van der Waals surface area contributed by atoms with Crippen molar-refractivity contribution in [3.8, 4) is 0 Å². The first-order valence-electron chi connectivity index (χ1n) is 8.86. The Labute approximate surface area is 138 Å². The number of alkyl carbamates (subject to hydrolysis) is 1. The summed E-state index contributed by atoms with van der Waals surface area (Å²) in [7, 11) is 0. The van der Waals surface area contributed by atoms with E-state index in [4.69, 9.17) is 15.6 Å². The van der Waals surface area contributed by atoms with Crippen molar-refractivity contribution in [1.82, 2.24) is 5.32 Å². The summed E-state index contributed by atoms with van der Waals surface area (Å²) in [5.41, 5.74) is 5.42. The van der Waals surface area contributed by atoms with Gasteiger partial charge in [0.05, 0.1) is 6.61 Å². The van der Waals surface area contributed by atoms with E-state index in [1.807, 2.05) is 0 Å². The van der Waals surface area contributed by atoms with Gasteiger partial charge in [0.2, 0.25) is 0 Å². The number of ether oxygens (including phenoxy) is 1. The van der Waals surface area contributed by atoms with Crippen molar-refractivity contribution in [1.29, 1.82) is 0 Å². The van der Waals surface area contributed by atoms with Gasteiger partial charge in [0.1, 0.15) is 6.04 Å². The zero-order valence-corrected chi connectivity index (χ0v) is 14.0. The first-order chi connectivity index (χ1) is 11.0. The Kier molecular flexibility index (Phi) is 6.69. The van der Waals surface area contributed by atoms with Gasteiger partial charge in [-0.25, -0.2) is 4.79 Å². The van der Waals surface area contributed by atoms with Crippen molar-refractivity contribution in [2.24, 2.45) is 29.4 Å². The van der Waals surface area contributed by atoms with Crippen LogP contribution >= 0.6 is 0 Å². The number of nitrogens with two attached hydrogens (primary N) is 1. The third kappa shape index (κ3) is 5.37. The van der Waals surface area contributed by atoms with Crippen LogP contribution in [-0.4, -0.2) is 36.4 Å². The van der Waals surface area contributed by atoms with Gasteiger partial charge in [0, 0.05) is 6.54 Å². The summed E-state index contributed by atoms with van der Waals surface area (Å²) in [5.74, 6) is 1.94. The Morgan fingerprint density at radius 1 is 1.26 bits per heavy atom. The molecule has 132 valence electrons. The molecule has 1 amide bonds. The minimum absolute atomic E-state index is 0.359. The molecule has 2 aliphatic carbocycles. The number of amides is 1. The number of fused-ring (bicyclic) bond motifs is 2. The molecule has 4 unspecified atom stereocenters. The first kappa shape index (κ1) is 18.0. The topological polar surface area (TPSA) is 102 Å². The molecule has 6 nitrogen and oxygen atoms in total. The van der Waals surface area contributed by atoms with E-state index in [9.17, 15) is 9.59 Å². The van der Waals surface area contributed by atoms with E-state index in [0.29, 0.717) is 38.3 Å². The van der Waals surface area contributed by atoms with Gasteiger partial charge in [-0.2, -0.15) is 0 Å². The van der Waals surface area contributed by atoms with Crippen LogP contribution in [0.3, 0.4) is 0 Å². The van der Waals surface area contributed by atoms with Crippen molar-refractivity contribution in [2.45, 2.75) is 57.9 Å². The highest BCUT2D eigenvalue weighted by Gasteiger charge is 2.40. The van der Waals surface area contributed by atoms with Crippen LogP contribution in [-0.2, 0) is 9.53 Å². The van der Waals surface area contributed by atoms with Crippen molar-refractivity contribution in [3.05, 3.63) is 0 Å². The van der Waals surface area contributed by atoms with Crippen LogP contribution in [0, 0.1) is 23.7 Å². The molecule has 0 aromatic heterocycles. The van der Waals surface area contributed by atoms with Crippen molar-refractivity contribution in [3.63, 3.8) is 0 Å². The van der Waals surface area contributed by atoms with Gasteiger partial charge in [-0.15, -0.1) is 0 Å². The maximum atomic E-state index is 11.7. The normalized spacial score (nSPS) is 30.7. The largest absolute Gasteiger partial charge is 0.480 e. The zero-order chi connectivity index (χ0) is 16.8. The molecule has 23 heavy (non-hydrogen) atoms. The Hall–Kier alpha value is -1.30. The van der Waals surface area contributed by atoms with Gasteiger partial charge in [-0.05, 0) is 62.2 Å². The molecule has 0 saturated heterocycles. The third-order valence-corrected chi connectivity index (χ3v) is 5.63. The number of unbranched alkanes of at least 4 members (excludes halogenated alkanes) is 1. The van der Waals surface area contributed by atoms with Crippen LogP contribution in [0.15, 0.2) is 0 Å². The summed E-state index contributed by atoms with van der Waals surface area (Å²) in [6, 6.07) is -0.814. The molecular weight excluding hydrogens is 296 g/mol. The summed E-state index contributed by atoms with van der Waals surface area (Å²) in [6.45, 7) is 3.37. The van der Waals surface area contributed by atoms with Gasteiger partial charge in [0.25, 0.3) is 0 Å². The molecule has 0 aliphatic heterocycles. The second kappa shape index (κ2) is 8.52. The van der Waals surface area contributed by atoms with Crippen molar-refractivity contribution >= 4 is 12.1 Å². The summed E-state index contributed by atoms with van der Waals surface area (Å²) >= 11 is 0. The number of rotatable bonds is 8. The lowest BCUT2D eigenvalue weighted by Gasteiger charge is -2.25. The number of carboxylic acid groups (broad SMARTS) is 1. The maximum absolute atomic E-state index is 11.7. The standard InChI is InChI=1S/C17H30N2O4/c1-11-5-6-12-8-13(11)9-14(12)10-23-17(22)19-7-3-2-4-15(18)16(20)21/h11-15H,2-10,18H2,1H3,(H,19,22)(H,20,21)/t11?,12?,13?,14?,15-/m0/s1. The van der Waals surface area contributed by atoms with Crippen LogP contribution < -0.4 is 11.1 Å². The maximum Gasteiger partial charge on any atom is 0.407 e. The molecule has 2 rings (SSSR count). The molecule has 5 atom stereocenters. The van der Waals surface area contributed by atoms with Gasteiger partial charge in [0.15, 0.2) is 0 Å². The Balaban J connectivity index is 1.53. The molecule has 2 bridgehead atoms. The highest BCUT2D eigenvalue weighted by Crippen LogP contribution is 2.48. The smallest absolute Gasteiger partial charge is 0.407 e. The lowest BCUT2D eigenvalue weighted by molar-refractivity contribution is -0.138. The number of carbonyl (C=O) groups is 2. The average Bonchev–Trinajstić information content (AvgIpc) is 2.86. The van der Waals surface area contributed by atoms with Crippen LogP contribution in [0.25, 0.3) is 0 Å². The van der Waals surface area contributed by atoms with Crippen molar-refractivity contribution < 1.29 is 19.4 Å². The van der Waals surface area contributed by atoms with E-state index in [-0.39, 0.29) is 6.09 Å². The van der Waals surface area contributed by atoms with Gasteiger partial charge >= 0.3 is 12.1 Å². The Morgan fingerprint density at radius 3 is 2.74 bits per heavy atom. The Bertz CT molecular complexity index is 415. The predicted molar refractivity (Wildman–Crippen MR) is 86.9 cm³/mol. The average molecular weight is 326 g/mol. The molecule has 0 aromatic rings. The summed E-state index contributed by atoms with van der Waals surface area (Å²) in [6.07, 6.45) is 6.55. The van der Waals surface area contributed by atoms with E-state index in [2.05, 4.69) is 12.2 Å². The third-order valence-electron chi connectivity index (χ3n) is 5.63. The van der Waals surface area contributed by atoms with E-state index in [1.165, 1.54) is 25.7 Å². The molecule has 6 heteroatoms. The van der Waals surface area contributed by atoms with E-state index < -0.39 is 12.0 Å². The highest BCUT2D eigenvalue weighted by molar-refractivity contribution is 5.72. The van der Waals surface area contributed by atoms with Crippen LogP contribution in [0.4, 0.5) is 4.79 Å². The number of hydrogen-bond acceptors (Lipinski definition) is 4. The molecule has 4 N–H and O–H groups in total. The second-order valence-electron chi connectivity index (χ2n) is 7.27. The zero-order valence-electron chi connectivity index (χ0n) is 14.0. The summed E-state index contributed by atoms with van der Waals surface area (Å²) in [4.78, 5) is 22.3. The molecule has 0 radical (unpaired) electrons. The van der Waals surface area contributed by atoms with Crippen LogP contribution in [0.2, 0.25) is 0 Å². The fourth-order valence-corrected chi connectivity index (χ4v) is 4.03. The summed E-state index contributed by atoms with van der Waals surface area (Å²) < 4.78 is 5.37. The number of aliphatic carboxylic acids is 1. The molecule has 2 saturated carbocycles. The first-order valence-corrected chi connectivity index (χ1v) is 8.86. The van der Waals surface area contributed by atoms with E-state index in [0.717, 1.165) is 17.8 Å². The molecule has 2 aliphatic rings. The summed E-state index contributed by atoms with van der Waals surface area (Å²) in [5, 5.41) is 11.4. The van der Waals surface area contributed by atoms with Crippen LogP contribution in [0.1, 0.15) is 51.9 Å². The molecule has 0 aromatic carbocycles. The number of carboxylic acids is 1. The van der Waals surface area contributed by atoms with Gasteiger partial charge in [-0.3, -0.25) is 4.79 Å².